The predicted molar refractivity (Wildman–Crippen MR) is 151 cm³/mol. The Balaban J connectivity index is 2.14. The Morgan fingerprint density at radius 3 is 2.10 bits per heavy atom. The lowest BCUT2D eigenvalue weighted by Crippen LogP contribution is -2.29. The van der Waals surface area contributed by atoms with E-state index in [-0.39, 0.29) is 19.4 Å². The zero-order chi connectivity index (χ0) is 28.8. The Bertz CT molecular complexity index is 722. The molecule has 10 heteroatoms. The molecule has 1 aliphatic rings. The first kappa shape index (κ1) is 35.8. The molecule has 1 saturated heterocycles. The van der Waals surface area contributed by atoms with E-state index in [9.17, 15) is 14.2 Å². The van der Waals surface area contributed by atoms with Gasteiger partial charge < -0.3 is 24.0 Å². The zero-order valence-corrected chi connectivity index (χ0v) is 25.1. The van der Waals surface area contributed by atoms with E-state index in [4.69, 9.17) is 24.0 Å². The Kier molecular flexibility index (Phi) is 20.6. The number of hydrogen-bond donors (Lipinski definition) is 2. The standard InChI is InChI=1S/C29H53O9P/c1-3-5-7-9-12-15-19-26-27(38-26)20-16-13-10-14-18-22-29(31)37-25(24-36-39(32,33)34)23-35-28(30)21-17-11-8-6-4-2/h12,15,25-27H,3-11,13-14,16-24H2,1-2H3,(H2,32,33,34)/b15-12-/t25-,26?,27?/m1/s1. The van der Waals surface area contributed by atoms with E-state index in [1.165, 1.54) is 19.3 Å². The summed E-state index contributed by atoms with van der Waals surface area (Å²) in [5, 5.41) is 0. The topological polar surface area (TPSA) is 132 Å². The molecule has 1 fully saturated rings. The summed E-state index contributed by atoms with van der Waals surface area (Å²) >= 11 is 0. The van der Waals surface area contributed by atoms with E-state index in [2.05, 4.69) is 30.5 Å². The molecule has 0 aromatic heterocycles. The van der Waals surface area contributed by atoms with Crippen LogP contribution in [-0.2, 0) is 32.9 Å². The molecular weight excluding hydrogens is 523 g/mol. The molecule has 9 nitrogen and oxygen atoms in total. The van der Waals surface area contributed by atoms with E-state index in [1.54, 1.807) is 0 Å². The van der Waals surface area contributed by atoms with Crippen LogP contribution in [0.15, 0.2) is 12.2 Å². The smallest absolute Gasteiger partial charge is 0.462 e. The number of epoxide rings is 1. The highest BCUT2D eigenvalue weighted by Crippen LogP contribution is 2.36. The number of carbonyl (C=O) groups excluding carboxylic acids is 2. The Morgan fingerprint density at radius 2 is 1.41 bits per heavy atom. The Morgan fingerprint density at radius 1 is 0.795 bits per heavy atom. The molecule has 0 saturated carbocycles. The molecule has 0 radical (unpaired) electrons. The van der Waals surface area contributed by atoms with E-state index >= 15 is 0 Å². The van der Waals surface area contributed by atoms with Crippen molar-refractivity contribution < 1.29 is 42.7 Å². The lowest BCUT2D eigenvalue weighted by Gasteiger charge is -2.18. The van der Waals surface area contributed by atoms with Crippen molar-refractivity contribution in [2.24, 2.45) is 0 Å². The van der Waals surface area contributed by atoms with Gasteiger partial charge in [0.2, 0.25) is 0 Å². The minimum Gasteiger partial charge on any atom is -0.462 e. The zero-order valence-electron chi connectivity index (χ0n) is 24.2. The number of allylic oxidation sites excluding steroid dienone is 1. The highest BCUT2D eigenvalue weighted by Gasteiger charge is 2.36. The third-order valence-electron chi connectivity index (χ3n) is 6.71. The van der Waals surface area contributed by atoms with Crippen LogP contribution in [0.25, 0.3) is 0 Å². The number of rotatable bonds is 26. The molecule has 0 aliphatic carbocycles. The summed E-state index contributed by atoms with van der Waals surface area (Å²) in [6.45, 7) is 3.50. The van der Waals surface area contributed by atoms with Crippen molar-refractivity contribution in [3.05, 3.63) is 12.2 Å². The van der Waals surface area contributed by atoms with Crippen molar-refractivity contribution in [2.45, 2.75) is 148 Å². The normalized spacial score (nSPS) is 17.8. The van der Waals surface area contributed by atoms with Crippen molar-refractivity contribution in [1.82, 2.24) is 0 Å². The van der Waals surface area contributed by atoms with Crippen LogP contribution in [0.4, 0.5) is 0 Å². The lowest BCUT2D eigenvalue weighted by molar-refractivity contribution is -0.161. The molecule has 0 spiro atoms. The third kappa shape index (κ3) is 22.2. The Labute approximate surface area is 235 Å². The molecule has 1 rings (SSSR count). The van der Waals surface area contributed by atoms with Crippen molar-refractivity contribution in [3.8, 4) is 0 Å². The highest BCUT2D eigenvalue weighted by atomic mass is 31.2. The van der Waals surface area contributed by atoms with Crippen LogP contribution >= 0.6 is 7.82 Å². The second-order valence-corrected chi connectivity index (χ2v) is 11.7. The quantitative estimate of drug-likeness (QED) is 0.0369. The van der Waals surface area contributed by atoms with Gasteiger partial charge in [-0.25, -0.2) is 4.57 Å². The molecule has 2 unspecified atom stereocenters. The molecule has 1 heterocycles. The van der Waals surface area contributed by atoms with Gasteiger partial charge in [0.15, 0.2) is 6.10 Å². The summed E-state index contributed by atoms with van der Waals surface area (Å²) < 4.78 is 31.7. The molecule has 2 N–H and O–H groups in total. The van der Waals surface area contributed by atoms with E-state index in [0.717, 1.165) is 70.6 Å². The van der Waals surface area contributed by atoms with Crippen molar-refractivity contribution in [2.75, 3.05) is 13.2 Å². The lowest BCUT2D eigenvalue weighted by atomic mass is 10.1. The van der Waals surface area contributed by atoms with E-state index in [1.807, 2.05) is 0 Å². The maximum Gasteiger partial charge on any atom is 0.469 e. The molecule has 0 aromatic carbocycles. The Hall–Kier alpha value is -1.25. The summed E-state index contributed by atoms with van der Waals surface area (Å²) in [5.41, 5.74) is 0. The summed E-state index contributed by atoms with van der Waals surface area (Å²) in [6, 6.07) is 0. The minimum absolute atomic E-state index is 0.191. The van der Waals surface area contributed by atoms with Gasteiger partial charge in [0.25, 0.3) is 0 Å². The number of phosphoric acid groups is 1. The van der Waals surface area contributed by atoms with Gasteiger partial charge >= 0.3 is 19.8 Å². The van der Waals surface area contributed by atoms with E-state index < -0.39 is 32.5 Å². The van der Waals surface area contributed by atoms with Crippen molar-refractivity contribution >= 4 is 19.8 Å². The van der Waals surface area contributed by atoms with Gasteiger partial charge in [0.05, 0.1) is 18.8 Å². The van der Waals surface area contributed by atoms with Crippen molar-refractivity contribution in [1.29, 1.82) is 0 Å². The number of phosphoric ester groups is 1. The summed E-state index contributed by atoms with van der Waals surface area (Å²) in [6.07, 6.45) is 21.5. The van der Waals surface area contributed by atoms with Crippen LogP contribution in [0.5, 0.6) is 0 Å². The average molecular weight is 577 g/mol. The predicted octanol–water partition coefficient (Wildman–Crippen LogP) is 6.94. The fourth-order valence-corrected chi connectivity index (χ4v) is 4.68. The monoisotopic (exact) mass is 576 g/mol. The van der Waals surface area contributed by atoms with Crippen LogP contribution in [0.1, 0.15) is 129 Å². The van der Waals surface area contributed by atoms with Crippen LogP contribution in [0.3, 0.4) is 0 Å². The molecule has 228 valence electrons. The van der Waals surface area contributed by atoms with Gasteiger partial charge in [-0.05, 0) is 38.5 Å². The van der Waals surface area contributed by atoms with Crippen LogP contribution < -0.4 is 0 Å². The first-order chi connectivity index (χ1) is 18.7. The van der Waals surface area contributed by atoms with Gasteiger partial charge in [0, 0.05) is 12.8 Å². The number of esters is 2. The minimum atomic E-state index is -4.74. The summed E-state index contributed by atoms with van der Waals surface area (Å²) in [4.78, 5) is 42.1. The first-order valence-corrected chi connectivity index (χ1v) is 16.6. The molecule has 0 aromatic rings. The SMILES string of the molecule is CCCCC/C=C\CC1OC1CCCCCCCC(=O)O[C@H](COC(=O)CCCCCCC)COP(=O)(O)O. The first-order valence-electron chi connectivity index (χ1n) is 15.1. The number of ether oxygens (including phenoxy) is 3. The summed E-state index contributed by atoms with van der Waals surface area (Å²) in [5.74, 6) is -0.924. The molecule has 1 aliphatic heterocycles. The summed E-state index contributed by atoms with van der Waals surface area (Å²) in [7, 11) is -4.74. The van der Waals surface area contributed by atoms with E-state index in [0.29, 0.717) is 25.0 Å². The highest BCUT2D eigenvalue weighted by molar-refractivity contribution is 7.46. The second kappa shape index (κ2) is 22.4. The molecule has 39 heavy (non-hydrogen) atoms. The third-order valence-corrected chi connectivity index (χ3v) is 7.19. The van der Waals surface area contributed by atoms with Gasteiger partial charge in [-0.2, -0.15) is 0 Å². The molecule has 3 atom stereocenters. The van der Waals surface area contributed by atoms with Crippen LogP contribution in [0.2, 0.25) is 0 Å². The number of hydrogen-bond acceptors (Lipinski definition) is 7. The van der Waals surface area contributed by atoms with Crippen LogP contribution in [-0.4, -0.2) is 53.3 Å². The van der Waals surface area contributed by atoms with Gasteiger partial charge in [0.1, 0.15) is 6.61 Å². The average Bonchev–Trinajstić information content (AvgIpc) is 3.64. The largest absolute Gasteiger partial charge is 0.469 e. The van der Waals surface area contributed by atoms with Gasteiger partial charge in [-0.3, -0.25) is 14.1 Å². The molecule has 0 bridgehead atoms. The maximum atomic E-state index is 12.2. The molecular formula is C29H53O9P. The van der Waals surface area contributed by atoms with Gasteiger partial charge in [-0.15, -0.1) is 0 Å². The molecule has 0 amide bonds. The van der Waals surface area contributed by atoms with Gasteiger partial charge in [-0.1, -0.05) is 90.2 Å². The fourth-order valence-electron chi connectivity index (χ4n) is 4.32. The fraction of sp³-hybridized carbons (Fsp3) is 0.862. The second-order valence-electron chi connectivity index (χ2n) is 10.5. The van der Waals surface area contributed by atoms with Crippen LogP contribution in [0, 0.1) is 0 Å². The number of unbranched alkanes of at least 4 members (excludes halogenated alkanes) is 11. The maximum absolute atomic E-state index is 12.2. The van der Waals surface area contributed by atoms with Crippen molar-refractivity contribution in [3.63, 3.8) is 0 Å². The number of carbonyl (C=O) groups is 2.